The highest BCUT2D eigenvalue weighted by atomic mass is 14.6. The van der Waals surface area contributed by atoms with Gasteiger partial charge >= 0.3 is 0 Å². The first-order chi connectivity index (χ1) is 8.41. The fraction of sp³-hybridized carbons (Fsp3) is 0.765. The first kappa shape index (κ1) is 13.9. The fourth-order valence-electron chi connectivity index (χ4n) is 3.51. The summed E-state index contributed by atoms with van der Waals surface area (Å²) in [7, 11) is 0. The summed E-state index contributed by atoms with van der Waals surface area (Å²) in [6, 6.07) is 0.382. The van der Waals surface area contributed by atoms with Crippen molar-refractivity contribution in [3.8, 4) is 0 Å². The van der Waals surface area contributed by atoms with Crippen LogP contribution in [0.15, 0.2) is 23.8 Å². The zero-order chi connectivity index (χ0) is 13.2. The van der Waals surface area contributed by atoms with E-state index in [1.54, 1.807) is 5.57 Å². The molecule has 0 aromatic heterocycles. The van der Waals surface area contributed by atoms with Gasteiger partial charge in [-0.3, -0.25) is 0 Å². The van der Waals surface area contributed by atoms with Crippen molar-refractivity contribution in [1.29, 1.82) is 0 Å². The first-order valence-electron chi connectivity index (χ1n) is 7.54. The number of rotatable bonds is 1. The van der Waals surface area contributed by atoms with Crippen LogP contribution in [0.3, 0.4) is 0 Å². The molecule has 0 amide bonds. The standard InChI is InChI=1S/C17H29N/c1-16(2)11-12-17(3,10-9-15(18)13-16)14-7-5-4-6-8-14/h5,7-8,15H,4,6,9-13,18H2,1-3H3. The van der Waals surface area contributed by atoms with Crippen LogP contribution in [-0.4, -0.2) is 6.04 Å². The summed E-state index contributed by atoms with van der Waals surface area (Å²) in [5.41, 5.74) is 8.62. The monoisotopic (exact) mass is 247 g/mol. The Morgan fingerprint density at radius 1 is 1.11 bits per heavy atom. The minimum atomic E-state index is 0.353. The molecule has 0 bridgehead atoms. The molecule has 1 nitrogen and oxygen atoms in total. The molecule has 0 aromatic rings. The molecular weight excluding hydrogens is 218 g/mol. The lowest BCUT2D eigenvalue weighted by Gasteiger charge is -2.40. The molecule has 2 rings (SSSR count). The molecule has 0 heterocycles. The lowest BCUT2D eigenvalue weighted by Crippen LogP contribution is -2.34. The normalized spacial score (nSPS) is 36.7. The van der Waals surface area contributed by atoms with Crippen LogP contribution in [0, 0.1) is 10.8 Å². The Morgan fingerprint density at radius 2 is 1.89 bits per heavy atom. The molecule has 2 aliphatic rings. The molecule has 2 N–H and O–H groups in total. The van der Waals surface area contributed by atoms with Crippen molar-refractivity contribution in [2.45, 2.75) is 71.8 Å². The maximum Gasteiger partial charge on any atom is 0.00442 e. The lowest BCUT2D eigenvalue weighted by atomic mass is 9.66. The molecule has 18 heavy (non-hydrogen) atoms. The van der Waals surface area contributed by atoms with Gasteiger partial charge in [0.2, 0.25) is 0 Å². The molecule has 1 fully saturated rings. The summed E-state index contributed by atoms with van der Waals surface area (Å²) in [6.07, 6.45) is 15.8. The summed E-state index contributed by atoms with van der Waals surface area (Å²) in [4.78, 5) is 0. The molecule has 102 valence electrons. The van der Waals surface area contributed by atoms with Gasteiger partial charge in [-0.25, -0.2) is 0 Å². The Balaban J connectivity index is 2.16. The number of hydrogen-bond acceptors (Lipinski definition) is 1. The largest absolute Gasteiger partial charge is 0.328 e. The van der Waals surface area contributed by atoms with E-state index in [4.69, 9.17) is 5.73 Å². The van der Waals surface area contributed by atoms with E-state index >= 15 is 0 Å². The summed E-state index contributed by atoms with van der Waals surface area (Å²) in [5.74, 6) is 0. The molecule has 2 atom stereocenters. The van der Waals surface area contributed by atoms with E-state index in [1.807, 2.05) is 0 Å². The van der Waals surface area contributed by atoms with Gasteiger partial charge in [0.25, 0.3) is 0 Å². The van der Waals surface area contributed by atoms with Gasteiger partial charge in [-0.1, -0.05) is 39.0 Å². The van der Waals surface area contributed by atoms with Crippen molar-refractivity contribution in [1.82, 2.24) is 0 Å². The van der Waals surface area contributed by atoms with Gasteiger partial charge in [-0.05, 0) is 61.3 Å². The third-order valence-corrected chi connectivity index (χ3v) is 4.93. The van der Waals surface area contributed by atoms with E-state index in [2.05, 4.69) is 39.0 Å². The van der Waals surface area contributed by atoms with Crippen molar-refractivity contribution in [3.63, 3.8) is 0 Å². The topological polar surface area (TPSA) is 26.0 Å². The van der Waals surface area contributed by atoms with Crippen LogP contribution in [0.25, 0.3) is 0 Å². The smallest absolute Gasteiger partial charge is 0.00442 e. The molecule has 1 heteroatoms. The van der Waals surface area contributed by atoms with E-state index in [-0.39, 0.29) is 0 Å². The summed E-state index contributed by atoms with van der Waals surface area (Å²) < 4.78 is 0. The minimum absolute atomic E-state index is 0.353. The van der Waals surface area contributed by atoms with Gasteiger partial charge in [0.05, 0.1) is 0 Å². The Morgan fingerprint density at radius 3 is 2.56 bits per heavy atom. The Bertz CT molecular complexity index is 351. The van der Waals surface area contributed by atoms with Gasteiger partial charge in [0.1, 0.15) is 0 Å². The van der Waals surface area contributed by atoms with Crippen LogP contribution in [0.2, 0.25) is 0 Å². The average molecular weight is 247 g/mol. The predicted molar refractivity (Wildman–Crippen MR) is 79.4 cm³/mol. The quantitative estimate of drug-likeness (QED) is 0.720. The fourth-order valence-corrected chi connectivity index (χ4v) is 3.51. The maximum atomic E-state index is 6.29. The average Bonchev–Trinajstić information content (AvgIpc) is 2.34. The zero-order valence-corrected chi connectivity index (χ0v) is 12.3. The van der Waals surface area contributed by atoms with Gasteiger partial charge in [-0.15, -0.1) is 0 Å². The Kier molecular flexibility index (Phi) is 4.01. The van der Waals surface area contributed by atoms with E-state index in [1.165, 1.54) is 44.9 Å². The van der Waals surface area contributed by atoms with Crippen LogP contribution < -0.4 is 5.73 Å². The zero-order valence-electron chi connectivity index (χ0n) is 12.3. The van der Waals surface area contributed by atoms with E-state index in [0.29, 0.717) is 16.9 Å². The van der Waals surface area contributed by atoms with Crippen LogP contribution in [-0.2, 0) is 0 Å². The SMILES string of the molecule is CC1(C)CCC(C)(C2=CCCC=C2)CCC(N)C1. The Hall–Kier alpha value is -0.560. The summed E-state index contributed by atoms with van der Waals surface area (Å²) in [5, 5.41) is 0. The molecule has 2 aliphatic carbocycles. The molecular formula is C17H29N. The number of hydrogen-bond donors (Lipinski definition) is 1. The van der Waals surface area contributed by atoms with Gasteiger partial charge < -0.3 is 5.73 Å². The van der Waals surface area contributed by atoms with E-state index in [0.717, 1.165) is 0 Å². The van der Waals surface area contributed by atoms with Crippen molar-refractivity contribution in [3.05, 3.63) is 23.8 Å². The van der Waals surface area contributed by atoms with Gasteiger partial charge in [0, 0.05) is 6.04 Å². The third kappa shape index (κ3) is 3.26. The second kappa shape index (κ2) is 5.21. The molecule has 0 radical (unpaired) electrons. The maximum absolute atomic E-state index is 6.29. The lowest BCUT2D eigenvalue weighted by molar-refractivity contribution is 0.180. The highest BCUT2D eigenvalue weighted by Crippen LogP contribution is 2.45. The minimum Gasteiger partial charge on any atom is -0.328 e. The van der Waals surface area contributed by atoms with Crippen molar-refractivity contribution in [2.24, 2.45) is 16.6 Å². The highest BCUT2D eigenvalue weighted by molar-refractivity contribution is 5.29. The molecule has 1 saturated carbocycles. The van der Waals surface area contributed by atoms with Crippen molar-refractivity contribution < 1.29 is 0 Å². The molecule has 0 aromatic carbocycles. The van der Waals surface area contributed by atoms with Crippen molar-refractivity contribution >= 4 is 0 Å². The molecule has 0 saturated heterocycles. The van der Waals surface area contributed by atoms with Crippen LogP contribution in [0.4, 0.5) is 0 Å². The van der Waals surface area contributed by atoms with Crippen LogP contribution >= 0.6 is 0 Å². The van der Waals surface area contributed by atoms with E-state index < -0.39 is 0 Å². The van der Waals surface area contributed by atoms with Crippen molar-refractivity contribution in [2.75, 3.05) is 0 Å². The van der Waals surface area contributed by atoms with Gasteiger partial charge in [0.15, 0.2) is 0 Å². The first-order valence-corrected chi connectivity index (χ1v) is 7.54. The highest BCUT2D eigenvalue weighted by Gasteiger charge is 2.34. The molecule has 2 unspecified atom stereocenters. The summed E-state index contributed by atoms with van der Waals surface area (Å²) in [6.45, 7) is 7.20. The van der Waals surface area contributed by atoms with Crippen LogP contribution in [0.5, 0.6) is 0 Å². The number of nitrogens with two attached hydrogens (primary N) is 1. The molecule has 0 spiro atoms. The Labute approximate surface area is 113 Å². The second-order valence-corrected chi connectivity index (χ2v) is 7.37. The predicted octanol–water partition coefficient (Wildman–Crippen LogP) is 4.59. The summed E-state index contributed by atoms with van der Waals surface area (Å²) >= 11 is 0. The number of allylic oxidation sites excluding steroid dienone is 4. The van der Waals surface area contributed by atoms with E-state index in [9.17, 15) is 0 Å². The van der Waals surface area contributed by atoms with Crippen LogP contribution in [0.1, 0.15) is 65.7 Å². The molecule has 0 aliphatic heterocycles. The van der Waals surface area contributed by atoms with Gasteiger partial charge in [-0.2, -0.15) is 0 Å². The second-order valence-electron chi connectivity index (χ2n) is 7.37. The third-order valence-electron chi connectivity index (χ3n) is 4.93.